The molecule has 0 atom stereocenters. The summed E-state index contributed by atoms with van der Waals surface area (Å²) in [4.78, 5) is 17.3. The highest BCUT2D eigenvalue weighted by Gasteiger charge is 2.21. The molecule has 2 N–H and O–H groups in total. The Balaban J connectivity index is 1.41. The first-order chi connectivity index (χ1) is 16.9. The van der Waals surface area contributed by atoms with Gasteiger partial charge in [-0.3, -0.25) is 4.90 Å². The molecule has 5 rings (SSSR count). The minimum absolute atomic E-state index is 0.213. The first kappa shape index (κ1) is 22.9. The lowest BCUT2D eigenvalue weighted by molar-refractivity contribution is 0.0697. The van der Waals surface area contributed by atoms with Gasteiger partial charge >= 0.3 is 5.97 Å². The Labute approximate surface area is 204 Å². The molecule has 1 fully saturated rings. The van der Waals surface area contributed by atoms with E-state index in [1.165, 1.54) is 0 Å². The van der Waals surface area contributed by atoms with E-state index >= 15 is 0 Å². The van der Waals surface area contributed by atoms with Crippen molar-refractivity contribution in [3.05, 3.63) is 95.2 Å². The number of hydrogen-bond acceptors (Lipinski definition) is 4. The molecule has 4 aromatic rings. The number of carboxylic acid groups (broad SMARTS) is 1. The summed E-state index contributed by atoms with van der Waals surface area (Å²) in [7, 11) is -2.89. The van der Waals surface area contributed by atoms with E-state index in [0.29, 0.717) is 30.8 Å². The number of rotatable bonds is 4. The van der Waals surface area contributed by atoms with Crippen LogP contribution in [0.3, 0.4) is 0 Å². The summed E-state index contributed by atoms with van der Waals surface area (Å²) in [5.41, 5.74) is 5.18. The van der Waals surface area contributed by atoms with Crippen LogP contribution in [-0.2, 0) is 16.4 Å². The van der Waals surface area contributed by atoms with Crippen LogP contribution in [0.15, 0.2) is 72.9 Å². The normalized spacial score (nSPS) is 15.4. The molecule has 1 aliphatic heterocycles. The highest BCUT2D eigenvalue weighted by molar-refractivity contribution is 7.91. The fourth-order valence-electron chi connectivity index (χ4n) is 4.35. The van der Waals surface area contributed by atoms with Crippen LogP contribution in [-0.4, -0.2) is 54.0 Å². The summed E-state index contributed by atoms with van der Waals surface area (Å²) in [6.45, 7) is 1.82. The van der Waals surface area contributed by atoms with E-state index in [0.717, 1.165) is 27.6 Å². The lowest BCUT2D eigenvalue weighted by atomic mass is 9.93. The van der Waals surface area contributed by atoms with Crippen LogP contribution >= 0.6 is 0 Å². The average molecular weight is 485 g/mol. The molecular weight excluding hydrogens is 460 g/mol. The predicted molar refractivity (Wildman–Crippen MR) is 137 cm³/mol. The lowest BCUT2D eigenvalue weighted by Gasteiger charge is -2.26. The number of aromatic carboxylic acids is 1. The Bertz CT molecular complexity index is 1560. The van der Waals surface area contributed by atoms with E-state index in [1.807, 2.05) is 60.8 Å². The van der Waals surface area contributed by atoms with E-state index < -0.39 is 15.8 Å². The van der Waals surface area contributed by atoms with E-state index in [1.54, 1.807) is 12.1 Å². The molecule has 1 aliphatic rings. The Hall–Kier alpha value is -3.86. The van der Waals surface area contributed by atoms with Gasteiger partial charge in [0.2, 0.25) is 0 Å². The minimum Gasteiger partial charge on any atom is -0.478 e. The number of benzene rings is 3. The number of H-pyrrole nitrogens is 1. The number of hydrogen-bond donors (Lipinski definition) is 2. The third-order valence-electron chi connectivity index (χ3n) is 6.28. The van der Waals surface area contributed by atoms with Crippen molar-refractivity contribution >= 4 is 26.7 Å². The zero-order valence-corrected chi connectivity index (χ0v) is 19.8. The van der Waals surface area contributed by atoms with Crippen molar-refractivity contribution in [2.45, 2.75) is 6.54 Å². The van der Waals surface area contributed by atoms with Gasteiger partial charge in [-0.15, -0.1) is 0 Å². The van der Waals surface area contributed by atoms with E-state index in [2.05, 4.69) is 21.7 Å². The topological polar surface area (TPSA) is 90.5 Å². The molecular formula is C28H24N2O4S. The number of nitrogens with one attached hydrogen (secondary N) is 1. The number of carboxylic acids is 1. The molecule has 6 nitrogen and oxygen atoms in total. The van der Waals surface area contributed by atoms with Crippen LogP contribution in [0, 0.1) is 11.8 Å². The number of sulfone groups is 1. The van der Waals surface area contributed by atoms with Crippen molar-refractivity contribution in [2.75, 3.05) is 24.6 Å². The zero-order chi connectivity index (χ0) is 24.4. The van der Waals surface area contributed by atoms with Crippen LogP contribution in [0.25, 0.3) is 22.0 Å². The third-order valence-corrected chi connectivity index (χ3v) is 7.88. The second-order valence-electron chi connectivity index (χ2n) is 8.69. The van der Waals surface area contributed by atoms with E-state index in [-0.39, 0.29) is 17.1 Å². The van der Waals surface area contributed by atoms with E-state index in [9.17, 15) is 18.3 Å². The molecule has 0 radical (unpaired) electrons. The Morgan fingerprint density at radius 2 is 1.74 bits per heavy atom. The maximum Gasteiger partial charge on any atom is 0.336 e. The summed E-state index contributed by atoms with van der Waals surface area (Å²) in [5.74, 6) is 5.78. The first-order valence-electron chi connectivity index (χ1n) is 11.4. The fraction of sp³-hybridized carbons (Fsp3) is 0.179. The largest absolute Gasteiger partial charge is 0.478 e. The average Bonchev–Trinajstić information content (AvgIpc) is 3.32. The molecule has 0 aliphatic carbocycles. The van der Waals surface area contributed by atoms with Gasteiger partial charge < -0.3 is 10.1 Å². The molecule has 0 saturated carbocycles. The molecule has 3 aromatic carbocycles. The van der Waals surface area contributed by atoms with Crippen molar-refractivity contribution in [2.24, 2.45) is 0 Å². The molecule has 0 bridgehead atoms. The van der Waals surface area contributed by atoms with Crippen molar-refractivity contribution in [1.82, 2.24) is 9.88 Å². The van der Waals surface area contributed by atoms with Crippen LogP contribution in [0.5, 0.6) is 0 Å². The van der Waals surface area contributed by atoms with Gasteiger partial charge in [-0.25, -0.2) is 13.2 Å². The lowest BCUT2D eigenvalue weighted by Crippen LogP contribution is -2.39. The van der Waals surface area contributed by atoms with Crippen molar-refractivity contribution in [1.29, 1.82) is 0 Å². The van der Waals surface area contributed by atoms with Gasteiger partial charge in [-0.1, -0.05) is 36.1 Å². The quantitative estimate of drug-likeness (QED) is 0.425. The van der Waals surface area contributed by atoms with Crippen LogP contribution in [0.4, 0.5) is 0 Å². The summed E-state index contributed by atoms with van der Waals surface area (Å²) in [6, 6.07) is 20.8. The highest BCUT2D eigenvalue weighted by Crippen LogP contribution is 2.30. The molecule has 1 saturated heterocycles. The van der Waals surface area contributed by atoms with Crippen LogP contribution in [0.2, 0.25) is 0 Å². The number of aromatic amines is 1. The maximum atomic E-state index is 12.0. The molecule has 2 heterocycles. The second kappa shape index (κ2) is 9.41. The van der Waals surface area contributed by atoms with Gasteiger partial charge in [0.15, 0.2) is 9.84 Å². The van der Waals surface area contributed by atoms with Gasteiger partial charge in [0.1, 0.15) is 0 Å². The molecule has 35 heavy (non-hydrogen) atoms. The predicted octanol–water partition coefficient (Wildman–Crippen LogP) is 4.16. The second-order valence-corrected chi connectivity index (χ2v) is 11.0. The molecule has 0 amide bonds. The van der Waals surface area contributed by atoms with Crippen molar-refractivity contribution < 1.29 is 18.3 Å². The molecule has 0 unspecified atom stereocenters. The number of nitrogens with zero attached hydrogens (tertiary/aromatic N) is 1. The van der Waals surface area contributed by atoms with Gasteiger partial charge in [0.05, 0.1) is 17.1 Å². The fourth-order valence-corrected chi connectivity index (χ4v) is 5.63. The van der Waals surface area contributed by atoms with E-state index in [4.69, 9.17) is 0 Å². The minimum atomic E-state index is -2.89. The Morgan fingerprint density at radius 3 is 2.49 bits per heavy atom. The third kappa shape index (κ3) is 5.14. The molecule has 176 valence electrons. The Kier molecular flexibility index (Phi) is 6.16. The summed E-state index contributed by atoms with van der Waals surface area (Å²) in [6.07, 6.45) is 1.86. The van der Waals surface area contributed by atoms with Gasteiger partial charge in [0.25, 0.3) is 0 Å². The molecule has 0 spiro atoms. The van der Waals surface area contributed by atoms with Crippen LogP contribution < -0.4 is 0 Å². The summed E-state index contributed by atoms with van der Waals surface area (Å²) >= 11 is 0. The van der Waals surface area contributed by atoms with Gasteiger partial charge in [0, 0.05) is 48.0 Å². The number of fused-ring (bicyclic) bond motifs is 1. The number of aromatic nitrogens is 1. The number of carbonyl (C=O) groups is 1. The highest BCUT2D eigenvalue weighted by atomic mass is 32.2. The Morgan fingerprint density at radius 1 is 0.971 bits per heavy atom. The standard InChI is InChI=1S/C28H24N2O4S/c31-28(32)25-3-1-2-22(27(25)24-10-11-26-23(18-24)12-13-29-26)9-8-20-4-6-21(7-5-20)19-30-14-16-35(33,34)17-15-30/h1-7,10-13,18,29H,14-17,19H2,(H,31,32). The first-order valence-corrected chi connectivity index (χ1v) is 13.2. The van der Waals surface area contributed by atoms with Gasteiger partial charge in [-0.2, -0.15) is 0 Å². The van der Waals surface area contributed by atoms with Crippen LogP contribution in [0.1, 0.15) is 27.0 Å². The smallest absolute Gasteiger partial charge is 0.336 e. The maximum absolute atomic E-state index is 12.0. The summed E-state index contributed by atoms with van der Waals surface area (Å²) < 4.78 is 23.2. The molecule has 7 heteroatoms. The SMILES string of the molecule is O=C(O)c1cccc(C#Cc2ccc(CN3CCS(=O)(=O)CC3)cc2)c1-c1ccc2[nH]ccc2c1. The zero-order valence-electron chi connectivity index (χ0n) is 19.0. The van der Waals surface area contributed by atoms with Crippen molar-refractivity contribution in [3.8, 4) is 23.0 Å². The monoisotopic (exact) mass is 484 g/mol. The summed E-state index contributed by atoms with van der Waals surface area (Å²) in [5, 5.41) is 10.8. The van der Waals surface area contributed by atoms with Crippen molar-refractivity contribution in [3.63, 3.8) is 0 Å². The molecule has 1 aromatic heterocycles. The van der Waals surface area contributed by atoms with Gasteiger partial charge in [-0.05, 0) is 59.0 Å².